The maximum absolute atomic E-state index is 10.8. The van der Waals surface area contributed by atoms with Gasteiger partial charge in [-0.3, -0.25) is 19.4 Å². The second-order valence-electron chi connectivity index (χ2n) is 4.65. The Kier molecular flexibility index (Phi) is 16.9. The Morgan fingerprint density at radius 2 is 1.50 bits per heavy atom. The molecule has 0 aromatic rings. The topological polar surface area (TPSA) is 105 Å². The molecule has 4 N–H and O–H groups in total. The second-order valence-corrected chi connectivity index (χ2v) is 4.65. The van der Waals surface area contributed by atoms with E-state index in [2.05, 4.69) is 10.6 Å². The molecule has 0 atom stereocenters. The van der Waals surface area contributed by atoms with Crippen molar-refractivity contribution in [1.29, 1.82) is 0 Å². The van der Waals surface area contributed by atoms with Crippen LogP contribution in [0.5, 0.6) is 0 Å². The summed E-state index contributed by atoms with van der Waals surface area (Å²) >= 11 is 0. The van der Waals surface area contributed by atoms with E-state index in [0.29, 0.717) is 26.2 Å². The van der Waals surface area contributed by atoms with Crippen molar-refractivity contribution in [1.82, 2.24) is 20.4 Å². The highest BCUT2D eigenvalue weighted by molar-refractivity contribution is 5.69. The highest BCUT2D eigenvalue weighted by Crippen LogP contribution is 1.90. The summed E-state index contributed by atoms with van der Waals surface area (Å²) in [6.07, 6.45) is 0. The number of likely N-dealkylation sites (N-methyl/N-ethyl adjacent to an activating group) is 2. The van der Waals surface area contributed by atoms with Crippen molar-refractivity contribution in [2.24, 2.45) is 0 Å². The molecule has 0 aliphatic heterocycles. The van der Waals surface area contributed by atoms with Crippen LogP contribution in [0, 0.1) is 0 Å². The first-order chi connectivity index (χ1) is 10.5. The largest absolute Gasteiger partial charge is 0.480 e. The predicted octanol–water partition coefficient (Wildman–Crippen LogP) is -0.775. The van der Waals surface area contributed by atoms with E-state index in [4.69, 9.17) is 10.2 Å². The first-order valence-corrected chi connectivity index (χ1v) is 7.65. The monoisotopic (exact) mass is 320 g/mol. The van der Waals surface area contributed by atoms with Crippen molar-refractivity contribution in [3.8, 4) is 0 Å². The Labute approximate surface area is 133 Å². The fraction of sp³-hybridized carbons (Fsp3) is 0.857. The average Bonchev–Trinajstić information content (AvgIpc) is 2.45. The molecule has 0 radical (unpaired) electrons. The molecule has 0 aromatic heterocycles. The maximum atomic E-state index is 10.8. The summed E-state index contributed by atoms with van der Waals surface area (Å²) in [7, 11) is 3.58. The first-order valence-electron chi connectivity index (χ1n) is 7.65. The van der Waals surface area contributed by atoms with E-state index in [9.17, 15) is 9.59 Å². The van der Waals surface area contributed by atoms with Gasteiger partial charge in [-0.25, -0.2) is 0 Å². The molecule has 8 nitrogen and oxygen atoms in total. The molecule has 0 saturated carbocycles. The summed E-state index contributed by atoms with van der Waals surface area (Å²) in [6, 6.07) is 0. The lowest BCUT2D eigenvalue weighted by atomic mass is 10.4. The van der Waals surface area contributed by atoms with E-state index in [0.717, 1.165) is 13.1 Å². The predicted molar refractivity (Wildman–Crippen MR) is 87.4 cm³/mol. The minimum absolute atomic E-state index is 0.0331. The van der Waals surface area contributed by atoms with Crippen molar-refractivity contribution < 1.29 is 19.8 Å². The summed E-state index contributed by atoms with van der Waals surface area (Å²) in [5.41, 5.74) is 0. The van der Waals surface area contributed by atoms with Crippen LogP contribution in [-0.4, -0.2) is 98.4 Å². The normalized spacial score (nSPS) is 10.5. The van der Waals surface area contributed by atoms with Gasteiger partial charge in [0.2, 0.25) is 0 Å². The zero-order valence-electron chi connectivity index (χ0n) is 14.3. The molecule has 0 unspecified atom stereocenters. The van der Waals surface area contributed by atoms with Gasteiger partial charge in [-0.2, -0.15) is 0 Å². The van der Waals surface area contributed by atoms with Crippen LogP contribution in [0.15, 0.2) is 0 Å². The quantitative estimate of drug-likeness (QED) is 0.328. The molecule has 8 heteroatoms. The van der Waals surface area contributed by atoms with Crippen LogP contribution in [0.25, 0.3) is 0 Å². The summed E-state index contributed by atoms with van der Waals surface area (Å²) < 4.78 is 0. The molecule has 0 aliphatic rings. The third-order valence-electron chi connectivity index (χ3n) is 2.72. The molecule has 22 heavy (non-hydrogen) atoms. The van der Waals surface area contributed by atoms with Crippen LogP contribution in [0.1, 0.15) is 13.8 Å². The zero-order valence-corrected chi connectivity index (χ0v) is 14.3. The zero-order chi connectivity index (χ0) is 17.4. The number of nitrogens with zero attached hydrogens (tertiary/aromatic N) is 2. The summed E-state index contributed by atoms with van der Waals surface area (Å²) in [6.45, 7) is 8.00. The molecule has 0 bridgehead atoms. The number of carboxylic acid groups (broad SMARTS) is 2. The smallest absolute Gasteiger partial charge is 0.317 e. The van der Waals surface area contributed by atoms with Gasteiger partial charge < -0.3 is 20.8 Å². The number of carbonyl (C=O) groups is 2. The molecular formula is C14H32N4O4. The van der Waals surface area contributed by atoms with Crippen LogP contribution in [0.3, 0.4) is 0 Å². The highest BCUT2D eigenvalue weighted by atomic mass is 16.4. The van der Waals surface area contributed by atoms with Crippen molar-refractivity contribution in [3.63, 3.8) is 0 Å². The lowest BCUT2D eigenvalue weighted by molar-refractivity contribution is -0.140. The van der Waals surface area contributed by atoms with Crippen LogP contribution < -0.4 is 10.6 Å². The molecule has 0 aliphatic carbocycles. The Morgan fingerprint density at radius 3 is 2.00 bits per heavy atom. The van der Waals surface area contributed by atoms with Crippen LogP contribution >= 0.6 is 0 Å². The van der Waals surface area contributed by atoms with Gasteiger partial charge in [-0.05, 0) is 14.1 Å². The summed E-state index contributed by atoms with van der Waals surface area (Å²) in [5, 5.41) is 23.7. The van der Waals surface area contributed by atoms with Gasteiger partial charge in [0.25, 0.3) is 0 Å². The number of hydrogen-bond donors (Lipinski definition) is 4. The number of rotatable bonds is 13. The van der Waals surface area contributed by atoms with Gasteiger partial charge in [0.1, 0.15) is 0 Å². The van der Waals surface area contributed by atoms with Crippen LogP contribution in [0.2, 0.25) is 0 Å². The average molecular weight is 320 g/mol. The Bertz CT molecular complexity index is 290. The number of aliphatic carboxylic acids is 2. The minimum atomic E-state index is -0.883. The SMILES string of the molecule is CC.CNCCNCCN(CCN(C)CC(=O)O)CC(=O)O. The lowest BCUT2D eigenvalue weighted by Crippen LogP contribution is -2.41. The summed E-state index contributed by atoms with van der Waals surface area (Å²) in [5.74, 6) is -1.76. The van der Waals surface area contributed by atoms with E-state index >= 15 is 0 Å². The van der Waals surface area contributed by atoms with Crippen LogP contribution in [-0.2, 0) is 9.59 Å². The minimum Gasteiger partial charge on any atom is -0.480 e. The molecule has 0 fully saturated rings. The Balaban J connectivity index is 0. The molecule has 0 saturated heterocycles. The van der Waals surface area contributed by atoms with Crippen molar-refractivity contribution in [3.05, 3.63) is 0 Å². The number of hydrogen-bond acceptors (Lipinski definition) is 6. The maximum Gasteiger partial charge on any atom is 0.317 e. The van der Waals surface area contributed by atoms with Gasteiger partial charge >= 0.3 is 11.9 Å². The van der Waals surface area contributed by atoms with Gasteiger partial charge in [0.15, 0.2) is 0 Å². The molecule has 0 spiro atoms. The second kappa shape index (κ2) is 16.2. The number of carboxylic acids is 2. The third-order valence-corrected chi connectivity index (χ3v) is 2.72. The van der Waals surface area contributed by atoms with Gasteiger partial charge in [-0.1, -0.05) is 13.8 Å². The van der Waals surface area contributed by atoms with Crippen molar-refractivity contribution in [2.75, 3.05) is 66.5 Å². The molecule has 0 aromatic carbocycles. The molecular weight excluding hydrogens is 288 g/mol. The Hall–Kier alpha value is -1.22. The standard InChI is InChI=1S/C12H26N4O4.C2H6/c1-13-3-4-14-5-6-16(10-12(19)20)8-7-15(2)9-11(17)18;1-2/h13-14H,3-10H2,1-2H3,(H,17,18)(H,19,20);1-2H3. The van der Waals surface area contributed by atoms with E-state index in [1.807, 2.05) is 20.9 Å². The van der Waals surface area contributed by atoms with Gasteiger partial charge in [0.05, 0.1) is 13.1 Å². The fourth-order valence-electron chi connectivity index (χ4n) is 1.66. The lowest BCUT2D eigenvalue weighted by Gasteiger charge is -2.23. The van der Waals surface area contributed by atoms with E-state index in [1.54, 1.807) is 16.8 Å². The third kappa shape index (κ3) is 16.8. The highest BCUT2D eigenvalue weighted by Gasteiger charge is 2.11. The van der Waals surface area contributed by atoms with Crippen molar-refractivity contribution >= 4 is 11.9 Å². The molecule has 0 rings (SSSR count). The Morgan fingerprint density at radius 1 is 0.909 bits per heavy atom. The summed E-state index contributed by atoms with van der Waals surface area (Å²) in [4.78, 5) is 24.8. The van der Waals surface area contributed by atoms with Gasteiger partial charge in [-0.15, -0.1) is 0 Å². The molecule has 132 valence electrons. The number of nitrogens with one attached hydrogen (secondary N) is 2. The molecule has 0 amide bonds. The van der Waals surface area contributed by atoms with Gasteiger partial charge in [0, 0.05) is 39.3 Å². The van der Waals surface area contributed by atoms with Crippen molar-refractivity contribution in [2.45, 2.75) is 13.8 Å². The van der Waals surface area contributed by atoms with Crippen LogP contribution in [0.4, 0.5) is 0 Å². The van der Waals surface area contributed by atoms with E-state index in [-0.39, 0.29) is 13.1 Å². The fourth-order valence-corrected chi connectivity index (χ4v) is 1.66. The molecule has 0 heterocycles. The first kappa shape index (κ1) is 23.1. The van der Waals surface area contributed by atoms with E-state index in [1.165, 1.54) is 0 Å². The van der Waals surface area contributed by atoms with E-state index < -0.39 is 11.9 Å².